The molecule has 398 valence electrons. The van der Waals surface area contributed by atoms with E-state index in [2.05, 4.69) is 193 Å². The van der Waals surface area contributed by atoms with Crippen molar-refractivity contribution in [3.63, 3.8) is 0 Å². The zero-order valence-corrected chi connectivity index (χ0v) is 46.3. The van der Waals surface area contributed by atoms with Crippen molar-refractivity contribution in [2.75, 3.05) is 94.3 Å². The number of nitrogens with zero attached hydrogens (tertiary/aromatic N) is 6. The molecule has 1 saturated heterocycles. The van der Waals surface area contributed by atoms with Crippen molar-refractivity contribution in [1.82, 2.24) is 30.2 Å². The normalized spacial score (nSPS) is 20.1. The van der Waals surface area contributed by atoms with Crippen LogP contribution in [0, 0.1) is 5.92 Å². The zero-order valence-electron chi connectivity index (χ0n) is 45.4. The number of hydrogen-bond donors (Lipinski definition) is 3. The lowest BCUT2D eigenvalue weighted by molar-refractivity contribution is 0.0925. The summed E-state index contributed by atoms with van der Waals surface area (Å²) in [6.07, 6.45) is 13.4. The Balaban J connectivity index is 0.641. The number of piperazine rings is 1. The van der Waals surface area contributed by atoms with Crippen LogP contribution in [0.4, 0.5) is 21.9 Å². The van der Waals surface area contributed by atoms with Crippen molar-refractivity contribution in [2.45, 2.75) is 57.4 Å². The number of allylic oxidation sites excluding steroid dienone is 6. The number of aromatic amines is 2. The molecule has 11 rings (SSSR count). The summed E-state index contributed by atoms with van der Waals surface area (Å²) in [5.74, 6) is 3.03. The number of alkyl carbamates (subject to hydrolysis) is 1. The molecule has 0 radical (unpaired) electrons. The fourth-order valence-corrected chi connectivity index (χ4v) is 12.6. The van der Waals surface area contributed by atoms with Crippen LogP contribution in [-0.2, 0) is 20.3 Å². The fourth-order valence-electron chi connectivity index (χ4n) is 11.6. The van der Waals surface area contributed by atoms with Crippen molar-refractivity contribution in [2.24, 2.45) is 5.92 Å². The van der Waals surface area contributed by atoms with Crippen molar-refractivity contribution < 1.29 is 19.0 Å². The molecular formula is C63H71N9O4S. The minimum atomic E-state index is -0.507. The third kappa shape index (κ3) is 10.9. The average Bonchev–Trinajstić information content (AvgIpc) is 4.28. The Bertz CT molecular complexity index is 3400. The van der Waals surface area contributed by atoms with Gasteiger partial charge in [-0.05, 0) is 121 Å². The first-order chi connectivity index (χ1) is 37.3. The smallest absolute Gasteiger partial charge is 0.407 e. The van der Waals surface area contributed by atoms with E-state index in [1.54, 1.807) is 11.8 Å². The number of hydrogen-bond acceptors (Lipinski definition) is 11. The Hall–Kier alpha value is -7.26. The van der Waals surface area contributed by atoms with Crippen LogP contribution < -0.4 is 24.8 Å². The molecule has 13 nitrogen and oxygen atoms in total. The number of thioether (sulfide) groups is 1. The number of nitrogens with one attached hydrogen (secondary N) is 3. The second kappa shape index (κ2) is 22.0. The molecule has 0 saturated carbocycles. The number of fused-ring (bicyclic) bond motifs is 4. The molecule has 0 spiro atoms. The molecule has 1 aliphatic carbocycles. The van der Waals surface area contributed by atoms with Crippen molar-refractivity contribution in [1.29, 1.82) is 0 Å². The van der Waals surface area contributed by atoms with Crippen molar-refractivity contribution >= 4 is 57.0 Å². The Kier molecular flexibility index (Phi) is 14.8. The number of anilines is 3. The Labute approximate surface area is 457 Å². The van der Waals surface area contributed by atoms with Crippen LogP contribution in [0.15, 0.2) is 156 Å². The Morgan fingerprint density at radius 1 is 0.753 bits per heavy atom. The number of carbonyl (C=O) groups excluding carboxylic acids is 1. The summed E-state index contributed by atoms with van der Waals surface area (Å²) in [7, 11) is 6.55. The summed E-state index contributed by atoms with van der Waals surface area (Å²) >= 11 is 1.71. The minimum Gasteiger partial charge on any atom is -0.492 e. The molecular weight excluding hydrogens is 979 g/mol. The summed E-state index contributed by atoms with van der Waals surface area (Å²) in [6.45, 7) is 14.5. The first-order valence-electron chi connectivity index (χ1n) is 27.1. The van der Waals surface area contributed by atoms with Gasteiger partial charge in [-0.1, -0.05) is 100 Å². The van der Waals surface area contributed by atoms with E-state index < -0.39 is 6.09 Å². The van der Waals surface area contributed by atoms with E-state index >= 15 is 0 Å². The van der Waals surface area contributed by atoms with Gasteiger partial charge in [-0.25, -0.2) is 14.8 Å². The number of H-pyrrole nitrogens is 2. The van der Waals surface area contributed by atoms with Crippen LogP contribution in [0.2, 0.25) is 0 Å². The van der Waals surface area contributed by atoms with Crippen molar-refractivity contribution in [3.8, 4) is 28.5 Å². The largest absolute Gasteiger partial charge is 0.492 e. The molecule has 2 atom stereocenters. The quantitative estimate of drug-likeness (QED) is 0.0486. The van der Waals surface area contributed by atoms with E-state index in [1.807, 2.05) is 30.3 Å². The van der Waals surface area contributed by atoms with Gasteiger partial charge in [0, 0.05) is 89.9 Å². The van der Waals surface area contributed by atoms with Gasteiger partial charge in [0.05, 0.1) is 47.2 Å². The fraction of sp³-hybridized carbons (Fsp3) is 0.349. The van der Waals surface area contributed by atoms with Gasteiger partial charge < -0.3 is 49.1 Å². The molecule has 0 bridgehead atoms. The van der Waals surface area contributed by atoms with E-state index in [0.29, 0.717) is 24.2 Å². The van der Waals surface area contributed by atoms with Gasteiger partial charge in [-0.2, -0.15) is 0 Å². The van der Waals surface area contributed by atoms with Gasteiger partial charge in [-0.3, -0.25) is 0 Å². The summed E-state index contributed by atoms with van der Waals surface area (Å²) in [4.78, 5) is 40.2. The lowest BCUT2D eigenvalue weighted by atomic mass is 9.79. The topological polar surface area (TPSA) is 127 Å². The monoisotopic (exact) mass is 1050 g/mol. The number of ether oxygens (including phenoxy) is 3. The van der Waals surface area contributed by atoms with Crippen LogP contribution in [0.3, 0.4) is 0 Å². The van der Waals surface area contributed by atoms with Gasteiger partial charge in [0.1, 0.15) is 30.6 Å². The van der Waals surface area contributed by atoms with Crippen LogP contribution in [0.5, 0.6) is 5.75 Å². The van der Waals surface area contributed by atoms with E-state index in [-0.39, 0.29) is 36.7 Å². The number of benzene rings is 5. The highest BCUT2D eigenvalue weighted by Crippen LogP contribution is 2.48. The molecule has 2 unspecified atom stereocenters. The highest BCUT2D eigenvalue weighted by molar-refractivity contribution is 8.03. The molecule has 14 heteroatoms. The second-order valence-corrected chi connectivity index (χ2v) is 22.8. The number of amides is 1. The first-order valence-corrected chi connectivity index (χ1v) is 28.0. The highest BCUT2D eigenvalue weighted by Gasteiger charge is 2.41. The maximum atomic E-state index is 12.6. The van der Waals surface area contributed by atoms with Crippen LogP contribution >= 0.6 is 11.8 Å². The standard InChI is InChI=1S/C63H71N9O4S/c1-62(2)48-12-8-10-14-54(48)70(6)57(62)28-17-42-16-18-43(22-29-58-63(3,4)49-13-9-11-15-55(49)71(58)7)56(38-42)77-41-74-36-37-76-61(73)64-30-35-75-47-24-19-44(20-25-47)59-65-50-26-21-45(39-52(50)67-59)60-66-51-27-23-46(40-53(51)68-60)72-33-31-69(5)32-34-72/h8-15,17,19-29,38-40,42,57H,16,18,30-37,41H2,1-7H3,(H,64,73)(H,65,67)(H,66,68)/b28-17+,43-22+,58-29+. The van der Waals surface area contributed by atoms with Gasteiger partial charge in [0.2, 0.25) is 0 Å². The molecule has 3 N–H and O–H groups in total. The van der Waals surface area contributed by atoms with Crippen molar-refractivity contribution in [3.05, 3.63) is 167 Å². The summed E-state index contributed by atoms with van der Waals surface area (Å²) in [6, 6.07) is 38.2. The maximum Gasteiger partial charge on any atom is 0.407 e. The molecule has 77 heavy (non-hydrogen) atoms. The highest BCUT2D eigenvalue weighted by atomic mass is 32.2. The molecule has 2 aromatic heterocycles. The summed E-state index contributed by atoms with van der Waals surface area (Å²) in [5.41, 5.74) is 14.7. The average molecular weight is 1050 g/mol. The number of rotatable bonds is 16. The molecule has 1 fully saturated rings. The summed E-state index contributed by atoms with van der Waals surface area (Å²) < 4.78 is 17.5. The number of aromatic nitrogens is 4. The third-order valence-electron chi connectivity index (χ3n) is 16.1. The van der Waals surface area contributed by atoms with Gasteiger partial charge in [0.25, 0.3) is 0 Å². The Morgan fingerprint density at radius 2 is 1.44 bits per heavy atom. The molecule has 1 amide bonds. The van der Waals surface area contributed by atoms with E-state index in [1.165, 1.54) is 44.4 Å². The predicted octanol–water partition coefficient (Wildman–Crippen LogP) is 12.2. The molecule has 7 aromatic rings. The Morgan fingerprint density at radius 3 is 2.19 bits per heavy atom. The SMILES string of the molecule is CN1CCN(c2ccc3nc(-c4ccc5nc(-c6ccc(OCCNC(=O)OCCOCSC7=CC(/C=C/C8N(C)c9ccccc9C8(C)C)CC/C7=C\C=C7\N(C)c8ccccc8C7(C)C)cc6)[nH]c5c4)[nH]c3c2)CC1. The number of carbonyl (C=O) groups is 1. The molecule has 5 heterocycles. The summed E-state index contributed by atoms with van der Waals surface area (Å²) in [5, 5.41) is 2.79. The molecule has 4 aliphatic rings. The van der Waals surface area contributed by atoms with Crippen LogP contribution in [0.25, 0.3) is 44.8 Å². The third-order valence-corrected chi connectivity index (χ3v) is 17.1. The van der Waals surface area contributed by atoms with E-state index in [9.17, 15) is 4.79 Å². The molecule has 5 aromatic carbocycles. The minimum absolute atomic E-state index is 0.00247. The lowest BCUT2D eigenvalue weighted by Gasteiger charge is -2.34. The van der Waals surface area contributed by atoms with E-state index in [4.69, 9.17) is 24.2 Å². The van der Waals surface area contributed by atoms with Gasteiger partial charge in [-0.15, -0.1) is 0 Å². The number of para-hydroxylation sites is 2. The van der Waals surface area contributed by atoms with E-state index in [0.717, 1.165) is 83.9 Å². The number of imidazole rings is 2. The van der Waals surface area contributed by atoms with Gasteiger partial charge >= 0.3 is 6.09 Å². The zero-order chi connectivity index (χ0) is 53.3. The lowest BCUT2D eigenvalue weighted by Crippen LogP contribution is -2.44. The first kappa shape index (κ1) is 51.8. The van der Waals surface area contributed by atoms with Crippen LogP contribution in [0.1, 0.15) is 51.7 Å². The van der Waals surface area contributed by atoms with Crippen LogP contribution in [-0.4, -0.2) is 117 Å². The molecule has 3 aliphatic heterocycles. The predicted molar refractivity (Wildman–Crippen MR) is 315 cm³/mol. The second-order valence-electron chi connectivity index (χ2n) is 21.9. The maximum absolute atomic E-state index is 12.6. The number of likely N-dealkylation sites (N-methyl/N-ethyl adjacent to an activating group) is 3. The van der Waals surface area contributed by atoms with Gasteiger partial charge in [0.15, 0.2) is 0 Å².